The molecule has 10 saturated carbocycles. The molecular formula is C69H111N3O4. The van der Waals surface area contributed by atoms with Gasteiger partial charge in [-0.05, 0) is 258 Å². The summed E-state index contributed by atoms with van der Waals surface area (Å²) in [6.07, 6.45) is 24.4. The van der Waals surface area contributed by atoms with E-state index in [9.17, 15) is 9.59 Å². The molecule has 0 saturated heterocycles. The maximum atomic E-state index is 15.2. The van der Waals surface area contributed by atoms with E-state index in [0.29, 0.717) is 57.2 Å². The first-order valence-corrected chi connectivity index (χ1v) is 32.0. The normalized spacial score (nSPS) is 49.2. The number of rotatable bonds is 11. The van der Waals surface area contributed by atoms with Crippen molar-refractivity contribution in [3.63, 3.8) is 0 Å². The van der Waals surface area contributed by atoms with Gasteiger partial charge in [0.2, 0.25) is 17.7 Å². The number of Topliss-reactive ketones (excluding diaryl/α,β-unsaturated/α-hetero) is 1. The Bertz CT molecular complexity index is 2370. The molecule has 10 rings (SSSR count). The Morgan fingerprint density at radius 2 is 0.974 bits per heavy atom. The van der Waals surface area contributed by atoms with Crippen LogP contribution in [0, 0.1) is 125 Å². The van der Waals surface area contributed by atoms with Crippen molar-refractivity contribution in [3.8, 4) is 0 Å². The summed E-state index contributed by atoms with van der Waals surface area (Å²) in [5.74, 6) is 4.90. The van der Waals surface area contributed by atoms with Gasteiger partial charge in [0.05, 0.1) is 16.7 Å². The minimum absolute atomic E-state index is 0.0689. The lowest BCUT2D eigenvalue weighted by Crippen LogP contribution is -2.67. The summed E-state index contributed by atoms with van der Waals surface area (Å²) in [4.78, 5) is 57.8. The summed E-state index contributed by atoms with van der Waals surface area (Å²) in [7, 11) is 0. The van der Waals surface area contributed by atoms with Gasteiger partial charge in [-0.2, -0.15) is 0 Å². The van der Waals surface area contributed by atoms with Gasteiger partial charge < -0.3 is 16.0 Å². The summed E-state index contributed by atoms with van der Waals surface area (Å²) in [6, 6.07) is -0.844. The number of allylic oxidation sites excluding steroid dienone is 2. The molecule has 0 bridgehead atoms. The maximum Gasteiger partial charge on any atom is 0.226 e. The molecule has 21 atom stereocenters. The van der Waals surface area contributed by atoms with Crippen molar-refractivity contribution in [2.24, 2.45) is 125 Å². The molecule has 0 aliphatic heterocycles. The molecule has 0 spiro atoms. The van der Waals surface area contributed by atoms with Gasteiger partial charge in [-0.25, -0.2) is 0 Å². The van der Waals surface area contributed by atoms with E-state index in [0.717, 1.165) is 69.1 Å². The number of carbonyl (C=O) groups is 4. The standard InChI is InChI=1S/C69H111N3O4/c1-41(2)46-24-33-68(37-35-64(14)48(55(46)68)19-21-53-62(12)29-18-28-60(8,9)51(62)26-31-66(53,64)16)58(75)70-39-43(5)57(74)72-50(45(7)73)40-71-59(76)69-34-25-47(42(3)4)56(69)49-20-22-54-63(13)30-23-44(6)61(10,11)52(63)27-32-67(54,17)65(49,15)36-38-69/h43-44,46-56H,1,3,18-40H2,2,4-17H3,(H,70,75)(H,71,76)(H,72,74). The van der Waals surface area contributed by atoms with Crippen LogP contribution in [0.1, 0.15) is 239 Å². The van der Waals surface area contributed by atoms with E-state index in [-0.39, 0.29) is 70.1 Å². The first kappa shape index (κ1) is 56.8. The minimum Gasteiger partial charge on any atom is -0.355 e. The third-order valence-corrected chi connectivity index (χ3v) is 29.6. The highest BCUT2D eigenvalue weighted by atomic mass is 16.2. The quantitative estimate of drug-likeness (QED) is 0.179. The van der Waals surface area contributed by atoms with E-state index < -0.39 is 22.8 Å². The molecule has 7 heteroatoms. The highest BCUT2D eigenvalue weighted by Gasteiger charge is 2.74. The highest BCUT2D eigenvalue weighted by Crippen LogP contribution is 2.80. The number of hydrogen-bond acceptors (Lipinski definition) is 4. The van der Waals surface area contributed by atoms with Crippen LogP contribution in [0.15, 0.2) is 24.3 Å². The molecular weight excluding hydrogens is 935 g/mol. The zero-order valence-corrected chi connectivity index (χ0v) is 51.3. The molecule has 0 aromatic heterocycles. The molecule has 10 aliphatic rings. The molecule has 0 heterocycles. The van der Waals surface area contributed by atoms with E-state index in [4.69, 9.17) is 0 Å². The molecule has 7 nitrogen and oxygen atoms in total. The van der Waals surface area contributed by atoms with Crippen molar-refractivity contribution in [1.82, 2.24) is 16.0 Å². The van der Waals surface area contributed by atoms with Crippen molar-refractivity contribution >= 4 is 23.5 Å². The minimum atomic E-state index is -0.844. The third kappa shape index (κ3) is 7.81. The van der Waals surface area contributed by atoms with E-state index >= 15 is 9.59 Å². The molecule has 3 amide bonds. The van der Waals surface area contributed by atoms with Gasteiger partial charge in [0.15, 0.2) is 5.78 Å². The topological polar surface area (TPSA) is 104 Å². The van der Waals surface area contributed by atoms with Gasteiger partial charge in [-0.15, -0.1) is 0 Å². The summed E-state index contributed by atoms with van der Waals surface area (Å²) >= 11 is 0. The van der Waals surface area contributed by atoms with Crippen LogP contribution in [0.5, 0.6) is 0 Å². The molecule has 3 N–H and O–H groups in total. The zero-order chi connectivity index (χ0) is 55.4. The maximum absolute atomic E-state index is 15.2. The average molecular weight is 1050 g/mol. The monoisotopic (exact) mass is 1050 g/mol. The van der Waals surface area contributed by atoms with Crippen molar-refractivity contribution in [2.75, 3.05) is 13.1 Å². The Balaban J connectivity index is 0.800. The second kappa shape index (κ2) is 18.8. The lowest BCUT2D eigenvalue weighted by molar-refractivity contribution is -0.240. The van der Waals surface area contributed by atoms with E-state index in [1.165, 1.54) is 102 Å². The Hall–Kier alpha value is -2.44. The van der Waals surface area contributed by atoms with Crippen LogP contribution in [-0.4, -0.2) is 42.6 Å². The zero-order valence-electron chi connectivity index (χ0n) is 51.3. The lowest BCUT2D eigenvalue weighted by atomic mass is 9.32. The molecule has 10 aliphatic carbocycles. The summed E-state index contributed by atoms with van der Waals surface area (Å²) < 4.78 is 0. The summed E-state index contributed by atoms with van der Waals surface area (Å²) in [5.41, 5.74) is 3.66. The fourth-order valence-electron chi connectivity index (χ4n) is 24.8. The Morgan fingerprint density at radius 1 is 0.500 bits per heavy atom. The average Bonchev–Trinajstić information content (AvgIpc) is 3.95. The molecule has 0 aromatic carbocycles. The Morgan fingerprint density at radius 3 is 1.46 bits per heavy atom. The SMILES string of the molecule is C=C(C)C1CCC2(C(=O)NCC(C)C(=O)NC(CNC(=O)C34CCC(C(=C)C)C3C3CCC5C6(C)CCC(C)C(C)(C)C6CCC5(C)C3(C)CC4)C(C)=O)CCC3(C)C(CCC4C5(C)CCCC(C)(C)C5CCC43C)C12. The third-order valence-electron chi connectivity index (χ3n) is 29.6. The van der Waals surface area contributed by atoms with Crippen LogP contribution in [0.25, 0.3) is 0 Å². The largest absolute Gasteiger partial charge is 0.355 e. The smallest absolute Gasteiger partial charge is 0.226 e. The Kier molecular flexibility index (Phi) is 14.1. The Labute approximate surface area is 463 Å². The number of hydrogen-bond donors (Lipinski definition) is 3. The summed E-state index contributed by atoms with van der Waals surface area (Å²) in [6.45, 7) is 46.0. The first-order chi connectivity index (χ1) is 35.4. The van der Waals surface area contributed by atoms with Gasteiger partial charge in [-0.1, -0.05) is 114 Å². The number of nitrogens with one attached hydrogen (secondary N) is 3. The van der Waals surface area contributed by atoms with Gasteiger partial charge in [0.1, 0.15) is 6.04 Å². The van der Waals surface area contributed by atoms with Gasteiger partial charge >= 0.3 is 0 Å². The number of ketones is 1. The second-order valence-electron chi connectivity index (χ2n) is 32.8. The fraction of sp³-hybridized carbons (Fsp3) is 0.884. The molecule has 426 valence electrons. The van der Waals surface area contributed by atoms with Crippen molar-refractivity contribution < 1.29 is 19.2 Å². The molecule has 0 radical (unpaired) electrons. The van der Waals surface area contributed by atoms with Crippen LogP contribution < -0.4 is 16.0 Å². The highest BCUT2D eigenvalue weighted by molar-refractivity contribution is 5.90. The number of carbonyl (C=O) groups excluding carboxylic acids is 4. The predicted molar refractivity (Wildman–Crippen MR) is 310 cm³/mol. The molecule has 0 aromatic rings. The molecule has 10 fully saturated rings. The fourth-order valence-corrected chi connectivity index (χ4v) is 24.8. The van der Waals surface area contributed by atoms with Crippen molar-refractivity contribution in [2.45, 2.75) is 245 Å². The number of amides is 3. The summed E-state index contributed by atoms with van der Waals surface area (Å²) in [5, 5.41) is 9.81. The molecule has 21 unspecified atom stereocenters. The van der Waals surface area contributed by atoms with E-state index in [1.807, 2.05) is 6.92 Å². The predicted octanol–water partition coefficient (Wildman–Crippen LogP) is 15.3. The van der Waals surface area contributed by atoms with Gasteiger partial charge in [0.25, 0.3) is 0 Å². The lowest BCUT2D eigenvalue weighted by Gasteiger charge is -2.73. The molecule has 76 heavy (non-hydrogen) atoms. The van der Waals surface area contributed by atoms with Crippen LogP contribution in [0.4, 0.5) is 0 Å². The van der Waals surface area contributed by atoms with Crippen LogP contribution in [-0.2, 0) is 19.2 Å². The van der Waals surface area contributed by atoms with Crippen molar-refractivity contribution in [3.05, 3.63) is 24.3 Å². The first-order valence-electron chi connectivity index (χ1n) is 32.0. The van der Waals surface area contributed by atoms with Crippen LogP contribution >= 0.6 is 0 Å². The van der Waals surface area contributed by atoms with Crippen molar-refractivity contribution in [1.29, 1.82) is 0 Å². The number of fused-ring (bicyclic) bond motifs is 14. The van der Waals surface area contributed by atoms with Gasteiger partial charge in [-0.3, -0.25) is 19.2 Å². The van der Waals surface area contributed by atoms with E-state index in [2.05, 4.69) is 119 Å². The van der Waals surface area contributed by atoms with Crippen LogP contribution in [0.3, 0.4) is 0 Å². The second-order valence-corrected chi connectivity index (χ2v) is 32.8. The van der Waals surface area contributed by atoms with Gasteiger partial charge in [0, 0.05) is 13.1 Å². The van der Waals surface area contributed by atoms with E-state index in [1.54, 1.807) is 0 Å². The van der Waals surface area contributed by atoms with Crippen LogP contribution in [0.2, 0.25) is 0 Å².